The first-order chi connectivity index (χ1) is 18.2. The second-order valence-corrected chi connectivity index (χ2v) is 8.08. The van der Waals surface area contributed by atoms with E-state index in [-0.39, 0.29) is 34.3 Å². The molecular weight excluding hydrogens is 508 g/mol. The first kappa shape index (κ1) is 24.7. The van der Waals surface area contributed by atoms with Crippen molar-refractivity contribution in [3.05, 3.63) is 95.9 Å². The number of alkyl halides is 3. The maximum atomic E-state index is 14.2. The average molecular weight is 524 g/mol. The summed E-state index contributed by atoms with van der Waals surface area (Å²) in [5.41, 5.74) is -0.0864. The molecule has 12 heteroatoms. The molecule has 192 valence electrons. The Balaban J connectivity index is 1.38. The third-order valence-corrected chi connectivity index (χ3v) is 5.53. The molecule has 0 atom stereocenters. The molecule has 1 N–H and O–H groups in total. The Morgan fingerprint density at radius 2 is 1.71 bits per heavy atom. The van der Waals surface area contributed by atoms with Crippen LogP contribution < -0.4 is 4.74 Å². The van der Waals surface area contributed by atoms with Gasteiger partial charge >= 0.3 is 12.3 Å². The molecule has 0 bridgehead atoms. The largest absolute Gasteiger partial charge is 0.512 e. The Morgan fingerprint density at radius 3 is 2.42 bits per heavy atom. The molecule has 2 aromatic heterocycles. The number of rotatable bonds is 6. The van der Waals surface area contributed by atoms with Gasteiger partial charge < -0.3 is 14.4 Å². The summed E-state index contributed by atoms with van der Waals surface area (Å²) in [6.07, 6.45) is -4.65. The predicted octanol–water partition coefficient (Wildman–Crippen LogP) is 6.53. The molecule has 38 heavy (non-hydrogen) atoms. The fraction of sp³-hybridized carbons (Fsp3) is 0.0769. The molecule has 0 spiro atoms. The van der Waals surface area contributed by atoms with E-state index in [2.05, 4.69) is 20.0 Å². The summed E-state index contributed by atoms with van der Waals surface area (Å²) in [7, 11) is 0. The molecule has 0 unspecified atom stereocenters. The summed E-state index contributed by atoms with van der Waals surface area (Å²) in [6, 6.07) is 17.0. The Labute approximate surface area is 211 Å². The summed E-state index contributed by atoms with van der Waals surface area (Å²) < 4.78 is 67.0. The van der Waals surface area contributed by atoms with Gasteiger partial charge in [0.15, 0.2) is 0 Å². The number of hydrogen-bond acceptors (Lipinski definition) is 6. The fourth-order valence-corrected chi connectivity index (χ4v) is 3.81. The third-order valence-electron chi connectivity index (χ3n) is 5.53. The molecule has 0 saturated heterocycles. The number of benzene rings is 3. The molecule has 0 saturated carbocycles. The molecule has 8 nitrogen and oxygen atoms in total. The number of carbonyl (C=O) groups is 1. The van der Waals surface area contributed by atoms with Gasteiger partial charge in [-0.15, -0.1) is 5.10 Å². The van der Waals surface area contributed by atoms with Crippen LogP contribution in [0.5, 0.6) is 5.88 Å². The Morgan fingerprint density at radius 1 is 0.974 bits per heavy atom. The third kappa shape index (κ3) is 5.24. The highest BCUT2D eigenvalue weighted by Crippen LogP contribution is 2.40. The molecule has 5 rings (SSSR count). The minimum absolute atomic E-state index is 0.0332. The number of ether oxygens (including phenoxy) is 1. The molecular formula is C26H16F4N4O4. The van der Waals surface area contributed by atoms with E-state index in [1.54, 1.807) is 30.5 Å². The predicted molar refractivity (Wildman–Crippen MR) is 126 cm³/mol. The standard InChI is InChI=1S/C26H16F4N4O4/c27-21-4-2-1-3-19(21)18-10-9-17(13-20(18)26(28,29)30)24-31-23(33-38-24)16-7-5-15(6-8-16)14-34-12-11-22(32-34)37-25(35)36/h1-13H,14H2,(H,35,36). The highest BCUT2D eigenvalue weighted by atomic mass is 19.4. The summed E-state index contributed by atoms with van der Waals surface area (Å²) in [5, 5.41) is 16.5. The highest BCUT2D eigenvalue weighted by Gasteiger charge is 2.35. The van der Waals surface area contributed by atoms with Crippen molar-refractivity contribution in [2.45, 2.75) is 12.7 Å². The number of carboxylic acid groups (broad SMARTS) is 1. The van der Waals surface area contributed by atoms with Gasteiger partial charge in [-0.05, 0) is 29.3 Å². The van der Waals surface area contributed by atoms with Gasteiger partial charge in [0.25, 0.3) is 5.89 Å². The van der Waals surface area contributed by atoms with E-state index >= 15 is 0 Å². The SMILES string of the molecule is O=C(O)Oc1ccn(Cc2ccc(-c3noc(-c4ccc(-c5ccccc5F)c(C(F)(F)F)c4)n3)cc2)n1. The number of hydrogen-bond donors (Lipinski definition) is 1. The van der Waals surface area contributed by atoms with E-state index in [1.165, 1.54) is 41.1 Å². The zero-order chi connectivity index (χ0) is 26.9. The van der Waals surface area contributed by atoms with Crippen LogP contribution in [-0.4, -0.2) is 31.2 Å². The van der Waals surface area contributed by atoms with E-state index in [9.17, 15) is 22.4 Å². The number of aromatic nitrogens is 4. The van der Waals surface area contributed by atoms with Gasteiger partial charge in [-0.25, -0.2) is 9.18 Å². The van der Waals surface area contributed by atoms with Gasteiger partial charge in [0, 0.05) is 29.0 Å². The van der Waals surface area contributed by atoms with Crippen LogP contribution in [0.15, 0.2) is 83.5 Å². The van der Waals surface area contributed by atoms with Crippen LogP contribution in [0, 0.1) is 5.82 Å². The maximum Gasteiger partial charge on any atom is 0.512 e. The summed E-state index contributed by atoms with van der Waals surface area (Å²) in [4.78, 5) is 14.8. The van der Waals surface area contributed by atoms with Gasteiger partial charge in [0.1, 0.15) is 5.82 Å². The lowest BCUT2D eigenvalue weighted by molar-refractivity contribution is -0.137. The van der Waals surface area contributed by atoms with E-state index in [4.69, 9.17) is 9.63 Å². The van der Waals surface area contributed by atoms with Crippen LogP contribution in [0.2, 0.25) is 0 Å². The summed E-state index contributed by atoms with van der Waals surface area (Å²) >= 11 is 0. The van der Waals surface area contributed by atoms with Crippen molar-refractivity contribution in [2.24, 2.45) is 0 Å². The van der Waals surface area contributed by atoms with Crippen LogP contribution in [0.3, 0.4) is 0 Å². The van der Waals surface area contributed by atoms with Crippen molar-refractivity contribution in [1.29, 1.82) is 0 Å². The molecule has 0 amide bonds. The van der Waals surface area contributed by atoms with Crippen molar-refractivity contribution in [3.63, 3.8) is 0 Å². The zero-order valence-electron chi connectivity index (χ0n) is 19.2. The summed E-state index contributed by atoms with van der Waals surface area (Å²) in [5.74, 6) is -0.786. The number of nitrogens with zero attached hydrogens (tertiary/aromatic N) is 4. The molecule has 0 aliphatic rings. The van der Waals surface area contributed by atoms with Crippen molar-refractivity contribution in [2.75, 3.05) is 0 Å². The molecule has 0 aliphatic heterocycles. The normalized spacial score (nSPS) is 11.5. The lowest BCUT2D eigenvalue weighted by Crippen LogP contribution is -2.08. The van der Waals surface area contributed by atoms with Crippen LogP contribution in [0.25, 0.3) is 34.0 Å². The van der Waals surface area contributed by atoms with Crippen molar-refractivity contribution in [3.8, 4) is 39.8 Å². The fourth-order valence-electron chi connectivity index (χ4n) is 3.81. The van der Waals surface area contributed by atoms with Gasteiger partial charge in [-0.1, -0.05) is 53.7 Å². The molecule has 3 aromatic carbocycles. The van der Waals surface area contributed by atoms with Crippen LogP contribution >= 0.6 is 0 Å². The topological polar surface area (TPSA) is 103 Å². The Bertz CT molecular complexity index is 1610. The second kappa shape index (κ2) is 9.81. The monoisotopic (exact) mass is 524 g/mol. The van der Waals surface area contributed by atoms with Crippen molar-refractivity contribution < 1.29 is 36.7 Å². The number of halogens is 4. The van der Waals surface area contributed by atoms with Crippen molar-refractivity contribution in [1.82, 2.24) is 19.9 Å². The average Bonchev–Trinajstić information content (AvgIpc) is 3.54. The van der Waals surface area contributed by atoms with Crippen LogP contribution in [0.1, 0.15) is 11.1 Å². The van der Waals surface area contributed by atoms with E-state index in [0.717, 1.165) is 17.7 Å². The van der Waals surface area contributed by atoms with Gasteiger partial charge in [0.05, 0.1) is 12.1 Å². The molecule has 5 aromatic rings. The lowest BCUT2D eigenvalue weighted by atomic mass is 9.96. The maximum absolute atomic E-state index is 14.2. The molecule has 0 fully saturated rings. The van der Waals surface area contributed by atoms with Crippen LogP contribution in [0.4, 0.5) is 22.4 Å². The summed E-state index contributed by atoms with van der Waals surface area (Å²) in [6.45, 7) is 0.329. The van der Waals surface area contributed by atoms with Crippen molar-refractivity contribution >= 4 is 6.16 Å². The van der Waals surface area contributed by atoms with E-state index in [1.807, 2.05) is 0 Å². The smallest absolute Gasteiger partial charge is 0.449 e. The van der Waals surface area contributed by atoms with Gasteiger partial charge in [-0.3, -0.25) is 4.68 Å². The second-order valence-electron chi connectivity index (χ2n) is 8.08. The molecule has 2 heterocycles. The minimum atomic E-state index is -4.75. The minimum Gasteiger partial charge on any atom is -0.449 e. The van der Waals surface area contributed by atoms with Gasteiger partial charge in [0.2, 0.25) is 11.7 Å². The Hall–Kier alpha value is -5.00. The molecule has 0 radical (unpaired) electrons. The molecule has 0 aliphatic carbocycles. The quantitative estimate of drug-likeness (QED) is 0.199. The highest BCUT2D eigenvalue weighted by molar-refractivity contribution is 5.73. The van der Waals surface area contributed by atoms with Gasteiger partial charge in [-0.2, -0.15) is 18.2 Å². The first-order valence-corrected chi connectivity index (χ1v) is 11.0. The van der Waals surface area contributed by atoms with Crippen LogP contribution in [-0.2, 0) is 12.7 Å². The van der Waals surface area contributed by atoms with E-state index in [0.29, 0.717) is 12.1 Å². The Kier molecular flexibility index (Phi) is 6.37. The lowest BCUT2D eigenvalue weighted by Gasteiger charge is -2.14. The zero-order valence-corrected chi connectivity index (χ0v) is 19.2. The van der Waals surface area contributed by atoms with E-state index < -0.39 is 23.7 Å². The first-order valence-electron chi connectivity index (χ1n) is 11.0.